The summed E-state index contributed by atoms with van der Waals surface area (Å²) < 4.78 is 31.1. The Bertz CT molecular complexity index is 1320. The molecule has 0 saturated heterocycles. The third-order valence-electron chi connectivity index (χ3n) is 3.94. The maximum atomic E-state index is 11.7. The van der Waals surface area contributed by atoms with Crippen molar-refractivity contribution in [2.24, 2.45) is 0 Å². The third kappa shape index (κ3) is 3.15. The number of nitro groups is 1. The Hall–Kier alpha value is -2.56. The van der Waals surface area contributed by atoms with Crippen molar-refractivity contribution < 1.29 is 18.1 Å². The molecule has 0 N–H and O–H groups in total. The molecule has 2 heterocycles. The molecule has 0 spiro atoms. The Balaban J connectivity index is 1.88. The maximum Gasteiger partial charge on any atom is 0.312 e. The minimum atomic E-state index is -3.57. The molecule has 138 valence electrons. The van der Waals surface area contributed by atoms with Crippen LogP contribution in [0.3, 0.4) is 0 Å². The summed E-state index contributed by atoms with van der Waals surface area (Å²) in [4.78, 5) is 15.2. The van der Waals surface area contributed by atoms with E-state index >= 15 is 0 Å². The molecule has 4 aromatic rings. The molecule has 0 aliphatic carbocycles. The first-order chi connectivity index (χ1) is 12.7. The van der Waals surface area contributed by atoms with Crippen LogP contribution in [0, 0.1) is 17.0 Å². The molecular weight excluding hydrogens is 408 g/mol. The van der Waals surface area contributed by atoms with E-state index in [-0.39, 0.29) is 10.6 Å². The van der Waals surface area contributed by atoms with Gasteiger partial charge in [0.25, 0.3) is 0 Å². The zero-order valence-electron chi connectivity index (χ0n) is 14.1. The molecule has 0 atom stereocenters. The average Bonchev–Trinajstić information content (AvgIpc) is 3.19. The van der Waals surface area contributed by atoms with Crippen LogP contribution >= 0.6 is 22.7 Å². The van der Waals surface area contributed by atoms with E-state index in [0.29, 0.717) is 5.75 Å². The van der Waals surface area contributed by atoms with E-state index in [2.05, 4.69) is 4.98 Å². The largest absolute Gasteiger partial charge is 0.449 e. The number of hydrogen-bond acceptors (Lipinski definition) is 8. The van der Waals surface area contributed by atoms with Crippen LogP contribution in [-0.2, 0) is 9.84 Å². The first-order valence-electron chi connectivity index (χ1n) is 7.68. The van der Waals surface area contributed by atoms with Gasteiger partial charge in [0.2, 0.25) is 5.75 Å². The number of hydrogen-bond donors (Lipinski definition) is 0. The number of benzene rings is 2. The van der Waals surface area contributed by atoms with Crippen molar-refractivity contribution in [2.45, 2.75) is 11.8 Å². The van der Waals surface area contributed by atoms with Crippen LogP contribution in [0.25, 0.3) is 20.3 Å². The molecule has 7 nitrogen and oxygen atoms in total. The lowest BCUT2D eigenvalue weighted by Crippen LogP contribution is -2.00. The molecule has 0 saturated carbocycles. The number of rotatable bonds is 4. The third-order valence-corrected chi connectivity index (χ3v) is 6.89. The number of nitro benzene ring substituents is 1. The normalized spacial score (nSPS) is 11.9. The van der Waals surface area contributed by atoms with Crippen molar-refractivity contribution in [3.63, 3.8) is 0 Å². The van der Waals surface area contributed by atoms with Gasteiger partial charge >= 0.3 is 5.69 Å². The summed E-state index contributed by atoms with van der Waals surface area (Å²) in [6.07, 6.45) is 1.00. The van der Waals surface area contributed by atoms with Gasteiger partial charge in [-0.1, -0.05) is 0 Å². The first-order valence-corrected chi connectivity index (χ1v) is 11.3. The molecule has 0 aliphatic rings. The Kier molecular flexibility index (Phi) is 4.13. The monoisotopic (exact) mass is 420 g/mol. The smallest absolute Gasteiger partial charge is 0.312 e. The molecular formula is C17H12N2O5S3. The van der Waals surface area contributed by atoms with Gasteiger partial charge in [-0.3, -0.25) is 10.1 Å². The Morgan fingerprint density at radius 1 is 1.19 bits per heavy atom. The number of aryl methyl sites for hydroxylation is 1. The summed E-state index contributed by atoms with van der Waals surface area (Å²) in [5, 5.41) is 15.1. The minimum Gasteiger partial charge on any atom is -0.449 e. The lowest BCUT2D eigenvalue weighted by Gasteiger charge is -2.09. The molecule has 0 bridgehead atoms. The summed E-state index contributed by atoms with van der Waals surface area (Å²) in [7, 11) is -3.57. The van der Waals surface area contributed by atoms with E-state index in [4.69, 9.17) is 4.74 Å². The molecule has 4 rings (SSSR count). The predicted molar refractivity (Wildman–Crippen MR) is 106 cm³/mol. The average molecular weight is 420 g/mol. The van der Waals surface area contributed by atoms with Gasteiger partial charge < -0.3 is 4.74 Å². The molecule has 2 aromatic carbocycles. The summed E-state index contributed by atoms with van der Waals surface area (Å²) in [6, 6.07) is 7.32. The molecule has 0 radical (unpaired) electrons. The van der Waals surface area contributed by atoms with Gasteiger partial charge in [-0.05, 0) is 30.5 Å². The van der Waals surface area contributed by atoms with Crippen LogP contribution < -0.4 is 4.74 Å². The van der Waals surface area contributed by atoms with Gasteiger partial charge in [-0.25, -0.2) is 13.4 Å². The Morgan fingerprint density at radius 3 is 2.67 bits per heavy atom. The highest BCUT2D eigenvalue weighted by Gasteiger charge is 2.22. The molecule has 0 aliphatic heterocycles. The van der Waals surface area contributed by atoms with Crippen molar-refractivity contribution in [3.8, 4) is 11.5 Å². The molecule has 27 heavy (non-hydrogen) atoms. The SMILES string of the molecule is Cc1nc2c(cc(Oc3ccc(S(C)(=O)=O)cc3[N+](=O)[O-])c3ccsc32)s1. The second-order valence-corrected chi connectivity index (χ2v) is 10.0. The van der Waals surface area contributed by atoms with E-state index in [1.807, 2.05) is 24.4 Å². The minimum absolute atomic E-state index is 0.0134. The second kappa shape index (κ2) is 6.25. The van der Waals surface area contributed by atoms with Gasteiger partial charge in [0, 0.05) is 23.8 Å². The van der Waals surface area contributed by atoms with E-state index in [0.717, 1.165) is 37.6 Å². The second-order valence-electron chi connectivity index (χ2n) is 5.88. The number of nitrogens with zero attached hydrogens (tertiary/aromatic N) is 2. The van der Waals surface area contributed by atoms with E-state index in [1.54, 1.807) is 0 Å². The summed E-state index contributed by atoms with van der Waals surface area (Å²) in [5.41, 5.74) is 0.485. The topological polar surface area (TPSA) is 99.4 Å². The number of ether oxygens (including phenoxy) is 1. The van der Waals surface area contributed by atoms with Gasteiger partial charge in [0.05, 0.1) is 29.7 Å². The molecule has 0 amide bonds. The Labute approximate surface area is 161 Å². The van der Waals surface area contributed by atoms with Crippen molar-refractivity contribution >= 4 is 58.5 Å². The van der Waals surface area contributed by atoms with Gasteiger partial charge in [0.1, 0.15) is 5.75 Å². The zero-order chi connectivity index (χ0) is 19.3. The number of thiazole rings is 1. The summed E-state index contributed by atoms with van der Waals surface area (Å²) in [5.74, 6) is 0.457. The van der Waals surface area contributed by atoms with Gasteiger partial charge in [0.15, 0.2) is 9.84 Å². The van der Waals surface area contributed by atoms with Crippen molar-refractivity contribution in [2.75, 3.05) is 6.26 Å². The highest BCUT2D eigenvalue weighted by molar-refractivity contribution is 7.90. The van der Waals surface area contributed by atoms with Crippen molar-refractivity contribution in [1.29, 1.82) is 0 Å². The van der Waals surface area contributed by atoms with Crippen LogP contribution in [0.1, 0.15) is 5.01 Å². The van der Waals surface area contributed by atoms with Gasteiger partial charge in [-0.15, -0.1) is 22.7 Å². The number of fused-ring (bicyclic) bond motifs is 3. The van der Waals surface area contributed by atoms with Crippen LogP contribution in [0.15, 0.2) is 40.6 Å². The number of aromatic nitrogens is 1. The number of sulfone groups is 1. The van der Waals surface area contributed by atoms with Crippen LogP contribution in [0.2, 0.25) is 0 Å². The quantitative estimate of drug-likeness (QED) is 0.343. The molecule has 0 unspecified atom stereocenters. The fourth-order valence-corrected chi connectivity index (χ4v) is 5.22. The van der Waals surface area contributed by atoms with Crippen LogP contribution in [-0.4, -0.2) is 24.6 Å². The van der Waals surface area contributed by atoms with Gasteiger partial charge in [-0.2, -0.15) is 0 Å². The first kappa shape index (κ1) is 17.8. The maximum absolute atomic E-state index is 11.7. The fraction of sp³-hybridized carbons (Fsp3) is 0.118. The number of thiophene rings is 1. The van der Waals surface area contributed by atoms with E-state index < -0.39 is 20.4 Å². The molecule has 0 fully saturated rings. The zero-order valence-corrected chi connectivity index (χ0v) is 16.6. The summed E-state index contributed by atoms with van der Waals surface area (Å²) >= 11 is 3.04. The Morgan fingerprint density at radius 2 is 1.96 bits per heavy atom. The standard InChI is InChI=1S/C17H12N2O5S3/c1-9-18-16-15(26-9)8-14(11-5-6-25-17(11)16)24-13-4-3-10(27(2,22)23)7-12(13)19(20)21/h3-8H,1-2H3. The highest BCUT2D eigenvalue weighted by atomic mass is 32.2. The molecule has 2 aromatic heterocycles. The van der Waals surface area contributed by atoms with E-state index in [9.17, 15) is 18.5 Å². The lowest BCUT2D eigenvalue weighted by molar-refractivity contribution is -0.385. The predicted octanol–water partition coefficient (Wildman–Crippen LogP) is 4.92. The van der Waals surface area contributed by atoms with Crippen molar-refractivity contribution in [3.05, 3.63) is 50.8 Å². The molecule has 10 heteroatoms. The lowest BCUT2D eigenvalue weighted by atomic mass is 10.2. The van der Waals surface area contributed by atoms with E-state index in [1.165, 1.54) is 34.8 Å². The van der Waals surface area contributed by atoms with Crippen molar-refractivity contribution in [1.82, 2.24) is 4.98 Å². The summed E-state index contributed by atoms with van der Waals surface area (Å²) in [6.45, 7) is 1.92. The highest BCUT2D eigenvalue weighted by Crippen LogP contribution is 2.42. The fourth-order valence-electron chi connectivity index (χ4n) is 2.75. The van der Waals surface area contributed by atoms with Crippen LogP contribution in [0.4, 0.5) is 5.69 Å². The van der Waals surface area contributed by atoms with Crippen LogP contribution in [0.5, 0.6) is 11.5 Å².